The second-order valence-corrected chi connectivity index (χ2v) is 1.91. The Labute approximate surface area is 62.2 Å². The van der Waals surface area contributed by atoms with E-state index in [1.54, 1.807) is 0 Å². The van der Waals surface area contributed by atoms with Gasteiger partial charge in [-0.25, -0.2) is 0 Å². The van der Waals surface area contributed by atoms with Gasteiger partial charge in [-0.05, 0) is 0 Å². The fraction of sp³-hybridized carbons (Fsp3) is 0.333. The number of epoxide rings is 1. The van der Waals surface area contributed by atoms with E-state index >= 15 is 0 Å². The second kappa shape index (κ2) is 1.70. The normalized spacial score (nSPS) is 21.5. The van der Waals surface area contributed by atoms with Crippen molar-refractivity contribution < 1.29 is 4.74 Å². The number of rotatable bonds is 0. The first-order chi connectivity index (χ1) is 5.20. The molecule has 0 spiro atoms. The van der Waals surface area contributed by atoms with Gasteiger partial charge in [0.15, 0.2) is 0 Å². The summed E-state index contributed by atoms with van der Waals surface area (Å²) in [5.41, 5.74) is -3.73. The Kier molecular flexibility index (Phi) is 1.09. The van der Waals surface area contributed by atoms with Crippen LogP contribution in [0.2, 0.25) is 0 Å². The molecule has 1 saturated heterocycles. The maximum Gasteiger partial charge on any atom is 0.300 e. The van der Waals surface area contributed by atoms with Crippen LogP contribution in [0.25, 0.3) is 0 Å². The summed E-state index contributed by atoms with van der Waals surface area (Å²) >= 11 is 0. The molecule has 0 bridgehead atoms. The summed E-state index contributed by atoms with van der Waals surface area (Å²) in [5, 5.41) is 33.4. The zero-order valence-corrected chi connectivity index (χ0v) is 5.20. The van der Waals surface area contributed by atoms with Crippen LogP contribution in [0.5, 0.6) is 0 Å². The number of nitrogens with zero attached hydrogens (tertiary/aromatic N) is 4. The molecule has 0 aromatic rings. The first kappa shape index (κ1) is 7.03. The minimum atomic E-state index is -1.86. The molecule has 0 aliphatic carbocycles. The van der Waals surface area contributed by atoms with Gasteiger partial charge < -0.3 is 4.74 Å². The highest BCUT2D eigenvalue weighted by molar-refractivity contribution is 5.50. The van der Waals surface area contributed by atoms with Gasteiger partial charge in [-0.1, -0.05) is 0 Å². The SMILES string of the molecule is N#CC1(C#N)OC1(C#N)C#N. The molecule has 0 radical (unpaired) electrons. The van der Waals surface area contributed by atoms with Gasteiger partial charge in [0.1, 0.15) is 24.3 Å². The number of hydrogen-bond acceptors (Lipinski definition) is 5. The molecule has 1 aliphatic heterocycles. The van der Waals surface area contributed by atoms with Crippen molar-refractivity contribution in [1.82, 2.24) is 0 Å². The van der Waals surface area contributed by atoms with Crippen LogP contribution < -0.4 is 0 Å². The standard InChI is InChI=1S/C6N4O/c7-1-5(2-8)6(3-9,4-10)11-5. The van der Waals surface area contributed by atoms with Crippen LogP contribution in [0.15, 0.2) is 0 Å². The monoisotopic (exact) mass is 144 g/mol. The van der Waals surface area contributed by atoms with Crippen molar-refractivity contribution in [1.29, 1.82) is 21.0 Å². The van der Waals surface area contributed by atoms with E-state index in [4.69, 9.17) is 21.0 Å². The predicted octanol–water partition coefficient (Wildman–Crippen LogP) is -0.411. The van der Waals surface area contributed by atoms with E-state index in [0.29, 0.717) is 0 Å². The average Bonchev–Trinajstić information content (AvgIpc) is 2.75. The summed E-state index contributed by atoms with van der Waals surface area (Å²) < 4.78 is 4.44. The van der Waals surface area contributed by atoms with E-state index in [1.807, 2.05) is 0 Å². The fourth-order valence-corrected chi connectivity index (χ4v) is 0.660. The highest BCUT2D eigenvalue weighted by atomic mass is 16.6. The highest BCUT2D eigenvalue weighted by Gasteiger charge is 2.75. The molecule has 5 heteroatoms. The van der Waals surface area contributed by atoms with Gasteiger partial charge in [0.05, 0.1) is 0 Å². The Morgan fingerprint density at radius 1 is 0.727 bits per heavy atom. The van der Waals surface area contributed by atoms with Crippen LogP contribution in [-0.4, -0.2) is 11.2 Å². The Morgan fingerprint density at radius 2 is 1.00 bits per heavy atom. The van der Waals surface area contributed by atoms with Crippen LogP contribution in [0.4, 0.5) is 0 Å². The molecule has 0 unspecified atom stereocenters. The van der Waals surface area contributed by atoms with Crippen molar-refractivity contribution in [3.8, 4) is 24.3 Å². The molecule has 50 valence electrons. The number of nitriles is 4. The van der Waals surface area contributed by atoms with Gasteiger partial charge in [0.2, 0.25) is 0 Å². The van der Waals surface area contributed by atoms with Crippen molar-refractivity contribution in [2.45, 2.75) is 11.2 Å². The maximum atomic E-state index is 8.35. The van der Waals surface area contributed by atoms with Crippen LogP contribution >= 0.6 is 0 Å². The summed E-state index contributed by atoms with van der Waals surface area (Å²) in [5.74, 6) is 0. The molecule has 5 nitrogen and oxygen atoms in total. The van der Waals surface area contributed by atoms with Gasteiger partial charge in [0.25, 0.3) is 11.2 Å². The third-order valence-corrected chi connectivity index (χ3v) is 1.39. The zero-order chi connectivity index (χ0) is 8.54. The van der Waals surface area contributed by atoms with Crippen LogP contribution in [0.1, 0.15) is 0 Å². The summed E-state index contributed by atoms with van der Waals surface area (Å²) in [6.07, 6.45) is 0. The number of ether oxygens (including phenoxy) is 1. The molecule has 0 atom stereocenters. The molecular formula is C6N4O. The van der Waals surface area contributed by atoms with Crippen molar-refractivity contribution in [2.75, 3.05) is 0 Å². The first-order valence-electron chi connectivity index (χ1n) is 2.55. The molecule has 0 aromatic heterocycles. The van der Waals surface area contributed by atoms with E-state index in [-0.39, 0.29) is 0 Å². The van der Waals surface area contributed by atoms with E-state index in [9.17, 15) is 0 Å². The van der Waals surface area contributed by atoms with Crippen molar-refractivity contribution in [3.05, 3.63) is 0 Å². The molecule has 0 N–H and O–H groups in total. The van der Waals surface area contributed by atoms with Crippen molar-refractivity contribution in [2.24, 2.45) is 0 Å². The highest BCUT2D eigenvalue weighted by Crippen LogP contribution is 2.46. The van der Waals surface area contributed by atoms with Crippen LogP contribution in [0.3, 0.4) is 0 Å². The minimum Gasteiger partial charge on any atom is -0.305 e. The van der Waals surface area contributed by atoms with Gasteiger partial charge in [-0.2, -0.15) is 21.0 Å². The van der Waals surface area contributed by atoms with Gasteiger partial charge in [-0.3, -0.25) is 0 Å². The Balaban J connectivity index is 3.11. The minimum absolute atomic E-state index is 1.47. The molecule has 1 rings (SSSR count). The van der Waals surface area contributed by atoms with Gasteiger partial charge in [0, 0.05) is 0 Å². The molecule has 1 aliphatic rings. The smallest absolute Gasteiger partial charge is 0.300 e. The maximum absolute atomic E-state index is 8.35. The Hall–Kier alpha value is -2.08. The first-order valence-corrected chi connectivity index (χ1v) is 2.55. The molecule has 1 fully saturated rings. The van der Waals surface area contributed by atoms with Crippen LogP contribution in [0, 0.1) is 45.3 Å². The number of hydrogen-bond donors (Lipinski definition) is 0. The molecule has 0 amide bonds. The summed E-state index contributed by atoms with van der Waals surface area (Å²) in [4.78, 5) is 0. The average molecular weight is 144 g/mol. The van der Waals surface area contributed by atoms with E-state index in [1.165, 1.54) is 24.3 Å². The molecular weight excluding hydrogens is 144 g/mol. The van der Waals surface area contributed by atoms with Crippen LogP contribution in [-0.2, 0) is 4.74 Å². The summed E-state index contributed by atoms with van der Waals surface area (Å²) in [6.45, 7) is 0. The largest absolute Gasteiger partial charge is 0.305 e. The summed E-state index contributed by atoms with van der Waals surface area (Å²) in [7, 11) is 0. The quantitative estimate of drug-likeness (QED) is 0.429. The lowest BCUT2D eigenvalue weighted by atomic mass is 9.98. The molecule has 1 heterocycles. The second-order valence-electron chi connectivity index (χ2n) is 1.91. The van der Waals surface area contributed by atoms with E-state index in [0.717, 1.165) is 0 Å². The van der Waals surface area contributed by atoms with Gasteiger partial charge in [-0.15, -0.1) is 0 Å². The third kappa shape index (κ3) is 0.528. The lowest BCUT2D eigenvalue weighted by Crippen LogP contribution is -2.19. The Morgan fingerprint density at radius 3 is 1.09 bits per heavy atom. The van der Waals surface area contributed by atoms with Gasteiger partial charge >= 0.3 is 0 Å². The Bertz CT molecular complexity index is 294. The topological polar surface area (TPSA) is 108 Å². The summed E-state index contributed by atoms with van der Waals surface area (Å²) in [6, 6.07) is 5.87. The fourth-order valence-electron chi connectivity index (χ4n) is 0.660. The third-order valence-electron chi connectivity index (χ3n) is 1.39. The molecule has 0 aromatic carbocycles. The molecule has 0 saturated carbocycles. The zero-order valence-electron chi connectivity index (χ0n) is 5.20. The van der Waals surface area contributed by atoms with E-state index < -0.39 is 11.2 Å². The molecule has 11 heavy (non-hydrogen) atoms. The predicted molar refractivity (Wildman–Crippen MR) is 29.0 cm³/mol. The van der Waals surface area contributed by atoms with Crippen molar-refractivity contribution >= 4 is 0 Å². The lowest BCUT2D eigenvalue weighted by Gasteiger charge is -1.84. The van der Waals surface area contributed by atoms with Crippen molar-refractivity contribution in [3.63, 3.8) is 0 Å². The van der Waals surface area contributed by atoms with E-state index in [2.05, 4.69) is 4.74 Å². The lowest BCUT2D eigenvalue weighted by molar-refractivity contribution is 0.361.